The molecule has 0 radical (unpaired) electrons. The van der Waals surface area contributed by atoms with Crippen LogP contribution in [-0.2, 0) is 16.1 Å². The minimum atomic E-state index is 0.203. The standard InChI is InChI=1S/C13H20N2O2S/c1-11-3-4-12(18-11)9-14(2)10-13(16)15-5-7-17-8-6-15/h3-4H,5-10H2,1-2H3. The summed E-state index contributed by atoms with van der Waals surface area (Å²) in [6.07, 6.45) is 0. The van der Waals surface area contributed by atoms with Crippen molar-refractivity contribution >= 4 is 17.2 Å². The highest BCUT2D eigenvalue weighted by Gasteiger charge is 2.18. The minimum Gasteiger partial charge on any atom is -0.378 e. The van der Waals surface area contributed by atoms with Gasteiger partial charge < -0.3 is 9.64 Å². The third kappa shape index (κ3) is 3.80. The molecule has 18 heavy (non-hydrogen) atoms. The van der Waals surface area contributed by atoms with E-state index >= 15 is 0 Å². The normalized spacial score (nSPS) is 16.3. The average Bonchev–Trinajstić information content (AvgIpc) is 2.75. The van der Waals surface area contributed by atoms with Gasteiger partial charge in [0.15, 0.2) is 0 Å². The van der Waals surface area contributed by atoms with Gasteiger partial charge in [-0.2, -0.15) is 0 Å². The van der Waals surface area contributed by atoms with Gasteiger partial charge in [-0.1, -0.05) is 0 Å². The van der Waals surface area contributed by atoms with Crippen LogP contribution in [0.4, 0.5) is 0 Å². The van der Waals surface area contributed by atoms with E-state index in [1.165, 1.54) is 9.75 Å². The summed E-state index contributed by atoms with van der Waals surface area (Å²) in [6.45, 7) is 6.22. The van der Waals surface area contributed by atoms with Crippen LogP contribution in [0.15, 0.2) is 12.1 Å². The van der Waals surface area contributed by atoms with Crippen LogP contribution in [0.5, 0.6) is 0 Å². The van der Waals surface area contributed by atoms with Gasteiger partial charge in [0, 0.05) is 29.4 Å². The molecule has 0 bridgehead atoms. The first-order valence-electron chi connectivity index (χ1n) is 6.24. The fraction of sp³-hybridized carbons (Fsp3) is 0.615. The van der Waals surface area contributed by atoms with E-state index in [0.717, 1.165) is 19.6 Å². The number of hydrogen-bond acceptors (Lipinski definition) is 4. The number of likely N-dealkylation sites (N-methyl/N-ethyl adjacent to an activating group) is 1. The molecule has 0 aromatic carbocycles. The van der Waals surface area contributed by atoms with E-state index in [0.29, 0.717) is 19.8 Å². The molecule has 1 fully saturated rings. The first-order valence-corrected chi connectivity index (χ1v) is 7.06. The Hall–Kier alpha value is -0.910. The van der Waals surface area contributed by atoms with Crippen molar-refractivity contribution in [1.29, 1.82) is 0 Å². The summed E-state index contributed by atoms with van der Waals surface area (Å²) >= 11 is 1.79. The minimum absolute atomic E-state index is 0.203. The summed E-state index contributed by atoms with van der Waals surface area (Å²) in [5.41, 5.74) is 0. The smallest absolute Gasteiger partial charge is 0.236 e. The van der Waals surface area contributed by atoms with Gasteiger partial charge in [-0.3, -0.25) is 9.69 Å². The third-order valence-corrected chi connectivity index (χ3v) is 3.98. The molecule has 4 nitrogen and oxygen atoms in total. The lowest BCUT2D eigenvalue weighted by molar-refractivity contribution is -0.136. The molecular formula is C13H20N2O2S. The quantitative estimate of drug-likeness (QED) is 0.826. The molecule has 0 spiro atoms. The van der Waals surface area contributed by atoms with Gasteiger partial charge in [0.25, 0.3) is 0 Å². The van der Waals surface area contributed by atoms with E-state index in [2.05, 4.69) is 24.0 Å². The highest BCUT2D eigenvalue weighted by Crippen LogP contribution is 2.16. The molecule has 1 aromatic rings. The molecule has 1 aliphatic rings. The lowest BCUT2D eigenvalue weighted by Gasteiger charge is -2.28. The molecule has 1 aliphatic heterocycles. The molecule has 0 unspecified atom stereocenters. The largest absolute Gasteiger partial charge is 0.378 e. The summed E-state index contributed by atoms with van der Waals surface area (Å²) in [6, 6.07) is 4.26. The summed E-state index contributed by atoms with van der Waals surface area (Å²) < 4.78 is 5.25. The zero-order valence-electron chi connectivity index (χ0n) is 11.0. The van der Waals surface area contributed by atoms with Crippen LogP contribution < -0.4 is 0 Å². The van der Waals surface area contributed by atoms with E-state index in [9.17, 15) is 4.79 Å². The number of amides is 1. The summed E-state index contributed by atoms with van der Waals surface area (Å²) in [4.78, 5) is 18.6. The number of rotatable bonds is 4. The molecule has 0 N–H and O–H groups in total. The second kappa shape index (κ2) is 6.31. The van der Waals surface area contributed by atoms with Gasteiger partial charge in [0.1, 0.15) is 0 Å². The Labute approximate surface area is 112 Å². The molecule has 0 atom stereocenters. The van der Waals surface area contributed by atoms with E-state index < -0.39 is 0 Å². The van der Waals surface area contributed by atoms with E-state index in [-0.39, 0.29) is 5.91 Å². The van der Waals surface area contributed by atoms with Gasteiger partial charge in [-0.25, -0.2) is 0 Å². The Morgan fingerprint density at radius 2 is 2.17 bits per heavy atom. The van der Waals surface area contributed by atoms with Crippen molar-refractivity contribution in [2.75, 3.05) is 39.9 Å². The maximum Gasteiger partial charge on any atom is 0.236 e. The highest BCUT2D eigenvalue weighted by atomic mass is 32.1. The highest BCUT2D eigenvalue weighted by molar-refractivity contribution is 7.11. The Balaban J connectivity index is 1.79. The number of hydrogen-bond donors (Lipinski definition) is 0. The summed E-state index contributed by atoms with van der Waals surface area (Å²) in [5.74, 6) is 0.203. The van der Waals surface area contributed by atoms with Crippen LogP contribution >= 0.6 is 11.3 Å². The average molecular weight is 268 g/mol. The van der Waals surface area contributed by atoms with Crippen molar-refractivity contribution in [3.63, 3.8) is 0 Å². The first kappa shape index (κ1) is 13.5. The third-order valence-electron chi connectivity index (χ3n) is 2.99. The van der Waals surface area contributed by atoms with Gasteiger partial charge in [0.2, 0.25) is 5.91 Å². The number of aryl methyl sites for hydroxylation is 1. The van der Waals surface area contributed by atoms with Crippen LogP contribution in [0.1, 0.15) is 9.75 Å². The lowest BCUT2D eigenvalue weighted by atomic mass is 10.3. The predicted molar refractivity (Wildman–Crippen MR) is 72.8 cm³/mol. The van der Waals surface area contributed by atoms with Crippen LogP contribution in [0.3, 0.4) is 0 Å². The van der Waals surface area contributed by atoms with Crippen molar-refractivity contribution in [2.24, 2.45) is 0 Å². The summed E-state index contributed by atoms with van der Waals surface area (Å²) in [7, 11) is 1.99. The molecule has 1 amide bonds. The number of nitrogens with zero attached hydrogens (tertiary/aromatic N) is 2. The molecule has 0 saturated carbocycles. The second-order valence-corrected chi connectivity index (χ2v) is 6.05. The Morgan fingerprint density at radius 3 is 2.78 bits per heavy atom. The Kier molecular flexibility index (Phi) is 4.74. The number of thiophene rings is 1. The Bertz CT molecular complexity index is 399. The maximum atomic E-state index is 12.0. The monoisotopic (exact) mass is 268 g/mol. The summed E-state index contributed by atoms with van der Waals surface area (Å²) in [5, 5.41) is 0. The topological polar surface area (TPSA) is 32.8 Å². The van der Waals surface area contributed by atoms with Gasteiger partial charge in [0.05, 0.1) is 19.8 Å². The molecule has 2 heterocycles. The number of ether oxygens (including phenoxy) is 1. The SMILES string of the molecule is Cc1ccc(CN(C)CC(=O)N2CCOCC2)s1. The number of morpholine rings is 1. The van der Waals surface area contributed by atoms with E-state index in [1.807, 2.05) is 11.9 Å². The number of carbonyl (C=O) groups excluding carboxylic acids is 1. The second-order valence-electron chi connectivity index (χ2n) is 4.68. The maximum absolute atomic E-state index is 12.0. The van der Waals surface area contributed by atoms with Crippen molar-refractivity contribution in [1.82, 2.24) is 9.80 Å². The van der Waals surface area contributed by atoms with Crippen molar-refractivity contribution < 1.29 is 9.53 Å². The first-order chi connectivity index (χ1) is 8.65. The van der Waals surface area contributed by atoms with Gasteiger partial charge in [-0.05, 0) is 26.1 Å². The molecule has 1 saturated heterocycles. The molecule has 100 valence electrons. The fourth-order valence-electron chi connectivity index (χ4n) is 2.04. The zero-order valence-corrected chi connectivity index (χ0v) is 11.8. The molecule has 2 rings (SSSR count). The fourth-order valence-corrected chi connectivity index (χ4v) is 3.01. The molecule has 0 aliphatic carbocycles. The Morgan fingerprint density at radius 1 is 1.44 bits per heavy atom. The van der Waals surface area contributed by atoms with Crippen LogP contribution in [0.25, 0.3) is 0 Å². The zero-order chi connectivity index (χ0) is 13.0. The van der Waals surface area contributed by atoms with Crippen molar-refractivity contribution in [3.05, 3.63) is 21.9 Å². The van der Waals surface area contributed by atoms with Crippen molar-refractivity contribution in [2.45, 2.75) is 13.5 Å². The van der Waals surface area contributed by atoms with E-state index in [1.54, 1.807) is 11.3 Å². The predicted octanol–water partition coefficient (Wildman–Crippen LogP) is 1.35. The van der Waals surface area contributed by atoms with Gasteiger partial charge >= 0.3 is 0 Å². The van der Waals surface area contributed by atoms with Crippen LogP contribution in [0, 0.1) is 6.92 Å². The van der Waals surface area contributed by atoms with Crippen molar-refractivity contribution in [3.8, 4) is 0 Å². The number of carbonyl (C=O) groups is 1. The van der Waals surface area contributed by atoms with Crippen LogP contribution in [0.2, 0.25) is 0 Å². The molecule has 1 aromatic heterocycles. The van der Waals surface area contributed by atoms with Gasteiger partial charge in [-0.15, -0.1) is 11.3 Å². The van der Waals surface area contributed by atoms with E-state index in [4.69, 9.17) is 4.74 Å². The lowest BCUT2D eigenvalue weighted by Crippen LogP contribution is -2.44. The molecular weight excluding hydrogens is 248 g/mol. The molecule has 5 heteroatoms. The van der Waals surface area contributed by atoms with Crippen LogP contribution in [-0.4, -0.2) is 55.6 Å².